The molecule has 222 valence electrons. The Labute approximate surface area is 226 Å². The molecule has 2 heterocycles. The number of nitrogens with zero attached hydrogens (tertiary/aromatic N) is 2. The van der Waals surface area contributed by atoms with Gasteiger partial charge in [-0.3, -0.25) is 9.36 Å². The first-order valence-electron chi connectivity index (χ1n) is 12.6. The molecule has 1 fully saturated rings. The third-order valence-corrected chi connectivity index (χ3v) is 5.91. The van der Waals surface area contributed by atoms with Crippen LogP contribution in [0.1, 0.15) is 24.6 Å². The Hall–Kier alpha value is -2.11. The van der Waals surface area contributed by atoms with Gasteiger partial charge in [0.2, 0.25) is 5.91 Å². The fourth-order valence-corrected chi connectivity index (χ4v) is 3.95. The summed E-state index contributed by atoms with van der Waals surface area (Å²) in [6, 6.07) is 0. The molecule has 0 spiro atoms. The van der Waals surface area contributed by atoms with Crippen LogP contribution in [0.2, 0.25) is 0 Å². The van der Waals surface area contributed by atoms with Crippen molar-refractivity contribution in [3.8, 4) is 0 Å². The molecule has 1 aliphatic heterocycles. The number of hydrogen-bond donors (Lipinski definition) is 5. The standard InChI is InChI=1S/C22H38N5O11P/c23-4-7-34-9-11-36-13-12-35-10-8-33-6-3-18(28)25-5-1-2-16-14-27(22(30)26-20(16)24)21-19(29)17(15-37-21)38-39(31)32/h14,17,19,21,29H,1-13,15,23H2,(H3-,24,25,26,28,30,31,32)/p+1/t17-,19?,21+/m0/s1. The second kappa shape index (κ2) is 19.0. The highest BCUT2D eigenvalue weighted by Gasteiger charge is 2.43. The van der Waals surface area contributed by atoms with E-state index in [1.807, 2.05) is 0 Å². The highest BCUT2D eigenvalue weighted by atomic mass is 31.1. The van der Waals surface area contributed by atoms with Gasteiger partial charge < -0.3 is 45.6 Å². The molecule has 39 heavy (non-hydrogen) atoms. The fraction of sp³-hybridized carbons (Fsp3) is 0.773. The number of rotatable bonds is 21. The van der Waals surface area contributed by atoms with Crippen molar-refractivity contribution in [2.75, 3.05) is 78.3 Å². The lowest BCUT2D eigenvalue weighted by atomic mass is 10.1. The van der Waals surface area contributed by atoms with Crippen molar-refractivity contribution >= 4 is 20.0 Å². The Morgan fingerprint density at radius 3 is 2.36 bits per heavy atom. The smallest absolute Gasteiger partial charge is 0.385 e. The number of nitrogens with one attached hydrogen (secondary N) is 1. The van der Waals surface area contributed by atoms with Gasteiger partial charge in [0, 0.05) is 35.8 Å². The molecule has 1 aliphatic rings. The summed E-state index contributed by atoms with van der Waals surface area (Å²) < 4.78 is 43.3. The van der Waals surface area contributed by atoms with Crippen LogP contribution in [-0.4, -0.2) is 110 Å². The van der Waals surface area contributed by atoms with E-state index < -0.39 is 32.4 Å². The molecule has 0 aromatic carbocycles. The average Bonchev–Trinajstić information content (AvgIpc) is 3.24. The van der Waals surface area contributed by atoms with E-state index in [9.17, 15) is 19.3 Å². The minimum atomic E-state index is -2.94. The van der Waals surface area contributed by atoms with Crippen LogP contribution in [0.4, 0.5) is 5.82 Å². The highest BCUT2D eigenvalue weighted by molar-refractivity contribution is 7.32. The summed E-state index contributed by atoms with van der Waals surface area (Å²) in [5.41, 5.74) is 11.0. The predicted octanol–water partition coefficient (Wildman–Crippen LogP) is -1.79. The minimum Gasteiger partial charge on any atom is -0.385 e. The molecule has 1 aromatic rings. The molecule has 16 nitrogen and oxygen atoms in total. The van der Waals surface area contributed by atoms with Crippen molar-refractivity contribution in [1.29, 1.82) is 0 Å². The van der Waals surface area contributed by atoms with Crippen molar-refractivity contribution in [3.05, 3.63) is 22.2 Å². The topological polar surface area (TPSA) is 229 Å². The van der Waals surface area contributed by atoms with E-state index in [4.69, 9.17) is 44.6 Å². The zero-order valence-electron chi connectivity index (χ0n) is 21.8. The lowest BCUT2D eigenvalue weighted by Gasteiger charge is -2.18. The number of amides is 1. The van der Waals surface area contributed by atoms with Crippen LogP contribution in [0.5, 0.6) is 0 Å². The molecule has 1 aromatic heterocycles. The van der Waals surface area contributed by atoms with E-state index in [0.29, 0.717) is 77.7 Å². The molecule has 0 saturated carbocycles. The molecule has 7 N–H and O–H groups in total. The van der Waals surface area contributed by atoms with Gasteiger partial charge in [-0.2, -0.15) is 4.98 Å². The zero-order valence-corrected chi connectivity index (χ0v) is 22.7. The van der Waals surface area contributed by atoms with E-state index in [-0.39, 0.29) is 31.4 Å². The number of ether oxygens (including phenoxy) is 5. The SMILES string of the molecule is NCCOCCOCCOCCOCCC(=O)NCCCc1cn([C@@H]2OC[C@H](O[P+](=O)O)C2O)c(=O)nc1N. The molecule has 0 aliphatic carbocycles. The summed E-state index contributed by atoms with van der Waals surface area (Å²) in [7, 11) is -2.94. The van der Waals surface area contributed by atoms with Gasteiger partial charge in [-0.1, -0.05) is 0 Å². The lowest BCUT2D eigenvalue weighted by Crippen LogP contribution is -2.36. The van der Waals surface area contributed by atoms with Crippen LogP contribution in [0.3, 0.4) is 0 Å². The van der Waals surface area contributed by atoms with Gasteiger partial charge in [-0.15, -0.1) is 9.42 Å². The number of aliphatic hydroxyl groups excluding tert-OH is 1. The molecule has 0 bridgehead atoms. The molecule has 2 rings (SSSR count). The third kappa shape index (κ3) is 12.7. The monoisotopic (exact) mass is 580 g/mol. The first kappa shape index (κ1) is 33.1. The van der Waals surface area contributed by atoms with Gasteiger partial charge in [0.1, 0.15) is 11.9 Å². The number of aliphatic hydroxyl groups is 1. The Morgan fingerprint density at radius 1 is 1.13 bits per heavy atom. The van der Waals surface area contributed by atoms with Crippen LogP contribution in [-0.2, 0) is 44.0 Å². The summed E-state index contributed by atoms with van der Waals surface area (Å²) in [6.45, 7) is 4.07. The minimum absolute atomic E-state index is 0.0278. The van der Waals surface area contributed by atoms with Gasteiger partial charge >= 0.3 is 13.9 Å². The van der Waals surface area contributed by atoms with Crippen LogP contribution in [0.15, 0.2) is 11.0 Å². The highest BCUT2D eigenvalue weighted by Crippen LogP contribution is 2.31. The Balaban J connectivity index is 1.57. The number of hydrogen-bond acceptors (Lipinski definition) is 13. The lowest BCUT2D eigenvalue weighted by molar-refractivity contribution is -0.122. The molecule has 1 saturated heterocycles. The van der Waals surface area contributed by atoms with Crippen LogP contribution >= 0.6 is 8.25 Å². The second-order valence-electron chi connectivity index (χ2n) is 8.38. The van der Waals surface area contributed by atoms with E-state index in [1.165, 1.54) is 6.20 Å². The van der Waals surface area contributed by atoms with Crippen LogP contribution in [0, 0.1) is 0 Å². The average molecular weight is 581 g/mol. The summed E-state index contributed by atoms with van der Waals surface area (Å²) >= 11 is 0. The van der Waals surface area contributed by atoms with Crippen molar-refractivity contribution in [1.82, 2.24) is 14.9 Å². The van der Waals surface area contributed by atoms with E-state index in [1.54, 1.807) is 0 Å². The molecule has 1 amide bonds. The number of anilines is 1. The van der Waals surface area contributed by atoms with E-state index in [0.717, 1.165) is 4.57 Å². The summed E-state index contributed by atoms with van der Waals surface area (Å²) in [4.78, 5) is 36.9. The summed E-state index contributed by atoms with van der Waals surface area (Å²) in [5.74, 6) is -0.145. The number of aromatic nitrogens is 2. The van der Waals surface area contributed by atoms with Crippen molar-refractivity contribution < 1.29 is 47.6 Å². The van der Waals surface area contributed by atoms with Crippen LogP contribution < -0.4 is 22.5 Å². The van der Waals surface area contributed by atoms with E-state index >= 15 is 0 Å². The molecule has 2 unspecified atom stereocenters. The predicted molar refractivity (Wildman–Crippen MR) is 137 cm³/mol. The quantitative estimate of drug-likeness (QED) is 0.0799. The van der Waals surface area contributed by atoms with Gasteiger partial charge in [-0.25, -0.2) is 4.79 Å². The molecular weight excluding hydrogens is 541 g/mol. The normalized spacial score (nSPS) is 19.4. The van der Waals surface area contributed by atoms with Gasteiger partial charge in [0.05, 0.1) is 59.5 Å². The number of aryl methyl sites for hydroxylation is 1. The Bertz CT molecular complexity index is 938. The largest absolute Gasteiger partial charge is 0.695 e. The number of carbonyl (C=O) groups is 1. The molecule has 4 atom stereocenters. The van der Waals surface area contributed by atoms with Crippen LogP contribution in [0.25, 0.3) is 0 Å². The molecule has 0 radical (unpaired) electrons. The Morgan fingerprint density at radius 2 is 1.74 bits per heavy atom. The van der Waals surface area contributed by atoms with Gasteiger partial charge in [0.25, 0.3) is 0 Å². The maximum absolute atomic E-state index is 12.3. The zero-order chi connectivity index (χ0) is 28.5. The van der Waals surface area contributed by atoms with Gasteiger partial charge in [-0.05, 0) is 12.8 Å². The first-order chi connectivity index (χ1) is 18.8. The van der Waals surface area contributed by atoms with Crippen molar-refractivity contribution in [2.45, 2.75) is 37.7 Å². The first-order valence-corrected chi connectivity index (χ1v) is 13.7. The maximum Gasteiger partial charge on any atom is 0.695 e. The number of nitrogens with two attached hydrogens (primary N) is 2. The van der Waals surface area contributed by atoms with E-state index in [2.05, 4.69) is 10.3 Å². The van der Waals surface area contributed by atoms with Crippen molar-refractivity contribution in [2.24, 2.45) is 5.73 Å². The third-order valence-electron chi connectivity index (χ3n) is 5.46. The number of nitrogen functional groups attached to an aromatic ring is 1. The number of carbonyl (C=O) groups excluding carboxylic acids is 1. The second-order valence-corrected chi connectivity index (χ2v) is 9.07. The fourth-order valence-electron chi connectivity index (χ4n) is 3.53. The Kier molecular flexibility index (Phi) is 16.2. The summed E-state index contributed by atoms with van der Waals surface area (Å²) in [5, 5.41) is 13.1. The molecule has 17 heteroatoms. The van der Waals surface area contributed by atoms with Gasteiger partial charge in [0.15, 0.2) is 12.3 Å². The maximum atomic E-state index is 12.3. The van der Waals surface area contributed by atoms with Crippen molar-refractivity contribution in [3.63, 3.8) is 0 Å². The summed E-state index contributed by atoms with van der Waals surface area (Å²) in [6.07, 6.45) is -1.05. The molecular formula is C22H39N5O11P+.